The van der Waals surface area contributed by atoms with E-state index >= 15 is 0 Å². The van der Waals surface area contributed by atoms with Crippen molar-refractivity contribution in [2.75, 3.05) is 12.3 Å². The van der Waals surface area contributed by atoms with Crippen molar-refractivity contribution in [1.82, 2.24) is 4.98 Å². The van der Waals surface area contributed by atoms with Gasteiger partial charge in [-0.2, -0.15) is 0 Å². The molecule has 0 fully saturated rings. The van der Waals surface area contributed by atoms with Gasteiger partial charge in [-0.15, -0.1) is 0 Å². The Labute approximate surface area is 160 Å². The Hall–Kier alpha value is -3.01. The molecule has 3 aromatic rings. The number of hydrogen-bond donors (Lipinski definition) is 2. The fourth-order valence-electron chi connectivity index (χ4n) is 3.11. The number of aromatic nitrogens is 1. The zero-order valence-electron chi connectivity index (χ0n) is 16.3. The lowest BCUT2D eigenvalue weighted by molar-refractivity contribution is 0.0527. The summed E-state index contributed by atoms with van der Waals surface area (Å²) in [5.41, 5.74) is 12.1. The molecule has 4 heteroatoms. The van der Waals surface area contributed by atoms with Crippen LogP contribution in [0, 0.1) is 0 Å². The normalized spacial score (nSPS) is 11.4. The number of carbonyl (C=O) groups excluding carboxylic acids is 1. The van der Waals surface area contributed by atoms with Crippen molar-refractivity contribution in [3.8, 4) is 22.4 Å². The van der Waals surface area contributed by atoms with E-state index in [1.165, 1.54) is 5.56 Å². The molecular weight excluding hydrogens is 336 g/mol. The Morgan fingerprint density at radius 1 is 1.00 bits per heavy atom. The second-order valence-corrected chi connectivity index (χ2v) is 7.62. The van der Waals surface area contributed by atoms with Gasteiger partial charge in [0.2, 0.25) is 0 Å². The number of nitrogens with two attached hydrogens (primary N) is 1. The molecule has 4 nitrogen and oxygen atoms in total. The predicted octanol–water partition coefficient (Wildman–Crippen LogP) is 5.41. The highest BCUT2D eigenvalue weighted by Gasteiger charge is 2.21. The van der Waals surface area contributed by atoms with Gasteiger partial charge in [-0.1, -0.05) is 57.2 Å². The van der Waals surface area contributed by atoms with Gasteiger partial charge < -0.3 is 15.5 Å². The lowest BCUT2D eigenvalue weighted by Crippen LogP contribution is -2.10. The lowest BCUT2D eigenvalue weighted by atomic mass is 9.86. The number of hydrogen-bond acceptors (Lipinski definition) is 3. The summed E-state index contributed by atoms with van der Waals surface area (Å²) >= 11 is 0. The minimum Gasteiger partial charge on any atom is -0.462 e. The van der Waals surface area contributed by atoms with Gasteiger partial charge >= 0.3 is 5.97 Å². The van der Waals surface area contributed by atoms with Crippen molar-refractivity contribution in [3.05, 3.63) is 65.9 Å². The van der Waals surface area contributed by atoms with Crippen molar-refractivity contribution in [2.45, 2.75) is 33.1 Å². The molecule has 0 atom stereocenters. The van der Waals surface area contributed by atoms with E-state index in [9.17, 15) is 4.79 Å². The number of anilines is 1. The maximum absolute atomic E-state index is 12.5. The molecule has 0 aliphatic carbocycles. The Balaban J connectivity index is 2.13. The molecular formula is C23H26N2O2. The molecule has 1 aromatic heterocycles. The molecule has 0 saturated carbocycles. The van der Waals surface area contributed by atoms with Gasteiger partial charge in [-0.3, -0.25) is 0 Å². The van der Waals surface area contributed by atoms with Crippen LogP contribution in [0.15, 0.2) is 54.7 Å². The van der Waals surface area contributed by atoms with Crippen LogP contribution in [0.3, 0.4) is 0 Å². The highest BCUT2D eigenvalue weighted by molar-refractivity contribution is 6.02. The van der Waals surface area contributed by atoms with Crippen LogP contribution in [0.25, 0.3) is 22.4 Å². The van der Waals surface area contributed by atoms with Crippen LogP contribution in [-0.2, 0) is 10.2 Å². The van der Waals surface area contributed by atoms with Gasteiger partial charge in [0.05, 0.1) is 17.9 Å². The van der Waals surface area contributed by atoms with Crippen molar-refractivity contribution in [3.63, 3.8) is 0 Å². The molecule has 27 heavy (non-hydrogen) atoms. The number of benzene rings is 2. The van der Waals surface area contributed by atoms with Gasteiger partial charge in [0.15, 0.2) is 0 Å². The van der Waals surface area contributed by atoms with E-state index in [-0.39, 0.29) is 11.4 Å². The number of nitrogen functional groups attached to an aromatic ring is 1. The first-order chi connectivity index (χ1) is 12.8. The number of nitrogens with one attached hydrogen (secondary N) is 1. The number of rotatable bonds is 4. The zero-order valence-corrected chi connectivity index (χ0v) is 16.3. The van der Waals surface area contributed by atoms with E-state index in [0.717, 1.165) is 22.4 Å². The lowest BCUT2D eigenvalue weighted by Gasteiger charge is -2.19. The fourth-order valence-corrected chi connectivity index (χ4v) is 3.11. The van der Waals surface area contributed by atoms with E-state index in [2.05, 4.69) is 50.0 Å². The zero-order chi connectivity index (χ0) is 19.6. The molecule has 3 rings (SSSR count). The highest BCUT2D eigenvalue weighted by atomic mass is 16.5. The molecule has 0 saturated heterocycles. The molecule has 0 unspecified atom stereocenters. The Morgan fingerprint density at radius 3 is 2.15 bits per heavy atom. The van der Waals surface area contributed by atoms with Crippen LogP contribution in [0.5, 0.6) is 0 Å². The number of carbonyl (C=O) groups is 1. The molecule has 0 amide bonds. The van der Waals surface area contributed by atoms with E-state index in [1.807, 2.05) is 24.3 Å². The summed E-state index contributed by atoms with van der Waals surface area (Å²) in [5, 5.41) is 0. The summed E-state index contributed by atoms with van der Waals surface area (Å²) in [6, 6.07) is 16.0. The first kappa shape index (κ1) is 18.8. The van der Waals surface area contributed by atoms with E-state index in [1.54, 1.807) is 13.1 Å². The Morgan fingerprint density at radius 2 is 1.59 bits per heavy atom. The number of esters is 1. The molecule has 0 aliphatic heterocycles. The third-order valence-electron chi connectivity index (χ3n) is 4.61. The molecule has 0 bridgehead atoms. The largest absolute Gasteiger partial charge is 0.462 e. The number of aromatic amines is 1. The summed E-state index contributed by atoms with van der Waals surface area (Å²) in [6.07, 6.45) is 1.72. The topological polar surface area (TPSA) is 68.1 Å². The van der Waals surface area contributed by atoms with Gasteiger partial charge in [-0.25, -0.2) is 4.79 Å². The summed E-state index contributed by atoms with van der Waals surface area (Å²) < 4.78 is 5.24. The van der Waals surface area contributed by atoms with Crippen molar-refractivity contribution in [2.24, 2.45) is 0 Å². The fraction of sp³-hybridized carbons (Fsp3) is 0.261. The summed E-state index contributed by atoms with van der Waals surface area (Å²) in [6.45, 7) is 8.71. The van der Waals surface area contributed by atoms with E-state index in [0.29, 0.717) is 17.9 Å². The molecule has 0 spiro atoms. The quantitative estimate of drug-likeness (QED) is 0.482. The minimum absolute atomic E-state index is 0.0874. The SMILES string of the molecule is CCOC(=O)c1c[nH]c(-c2ccc(C(C)(C)C)cc2)c1-c1ccc(N)cc1. The molecule has 1 heterocycles. The third-order valence-corrected chi connectivity index (χ3v) is 4.61. The van der Waals surface area contributed by atoms with Gasteiger partial charge in [0, 0.05) is 17.4 Å². The average molecular weight is 362 g/mol. The molecule has 140 valence electrons. The first-order valence-corrected chi connectivity index (χ1v) is 9.16. The molecule has 3 N–H and O–H groups in total. The number of ether oxygens (including phenoxy) is 1. The van der Waals surface area contributed by atoms with Crippen LogP contribution < -0.4 is 5.73 Å². The van der Waals surface area contributed by atoms with Crippen LogP contribution in [0.2, 0.25) is 0 Å². The number of H-pyrrole nitrogens is 1. The van der Waals surface area contributed by atoms with E-state index in [4.69, 9.17) is 10.5 Å². The van der Waals surface area contributed by atoms with Crippen molar-refractivity contribution >= 4 is 11.7 Å². The summed E-state index contributed by atoms with van der Waals surface area (Å²) in [5.74, 6) is -0.335. The van der Waals surface area contributed by atoms with Crippen LogP contribution in [0.4, 0.5) is 5.69 Å². The van der Waals surface area contributed by atoms with Crippen LogP contribution in [0.1, 0.15) is 43.6 Å². The van der Waals surface area contributed by atoms with Crippen LogP contribution >= 0.6 is 0 Å². The Bertz CT molecular complexity index is 930. The standard InChI is InChI=1S/C23H26N2O2/c1-5-27-22(26)19-14-25-21(20(19)15-8-12-18(24)13-9-15)16-6-10-17(11-7-16)23(2,3)4/h6-14,25H,5,24H2,1-4H3. The van der Waals surface area contributed by atoms with Gasteiger partial charge in [0.1, 0.15) is 0 Å². The Kier molecular flexibility index (Phi) is 5.08. The predicted molar refractivity (Wildman–Crippen MR) is 111 cm³/mol. The van der Waals surface area contributed by atoms with E-state index < -0.39 is 0 Å². The van der Waals surface area contributed by atoms with Crippen LogP contribution in [-0.4, -0.2) is 17.6 Å². The smallest absolute Gasteiger partial charge is 0.340 e. The van der Waals surface area contributed by atoms with Crippen molar-refractivity contribution in [1.29, 1.82) is 0 Å². The second kappa shape index (κ2) is 7.31. The van der Waals surface area contributed by atoms with Gasteiger partial charge in [0.25, 0.3) is 0 Å². The van der Waals surface area contributed by atoms with Crippen molar-refractivity contribution < 1.29 is 9.53 Å². The molecule has 2 aromatic carbocycles. The molecule has 0 aliphatic rings. The highest BCUT2D eigenvalue weighted by Crippen LogP contribution is 2.36. The third kappa shape index (κ3) is 3.90. The van der Waals surface area contributed by atoms with Gasteiger partial charge in [-0.05, 0) is 41.2 Å². The maximum atomic E-state index is 12.5. The minimum atomic E-state index is -0.335. The molecule has 0 radical (unpaired) electrons. The summed E-state index contributed by atoms with van der Waals surface area (Å²) in [4.78, 5) is 15.7. The first-order valence-electron chi connectivity index (χ1n) is 9.16. The second-order valence-electron chi connectivity index (χ2n) is 7.62. The summed E-state index contributed by atoms with van der Waals surface area (Å²) in [7, 11) is 0. The monoisotopic (exact) mass is 362 g/mol. The maximum Gasteiger partial charge on any atom is 0.340 e. The average Bonchev–Trinajstić information content (AvgIpc) is 3.07.